The van der Waals surface area contributed by atoms with Gasteiger partial charge in [-0.05, 0) is 42.5 Å². The fourth-order valence-corrected chi connectivity index (χ4v) is 2.63. The topological polar surface area (TPSA) is 54.0 Å². The van der Waals surface area contributed by atoms with Crippen LogP contribution in [0.2, 0.25) is 0 Å². The van der Waals surface area contributed by atoms with Crippen LogP contribution < -0.4 is 10.6 Å². The average molecular weight is 305 g/mol. The number of hydrogen-bond donors (Lipinski definition) is 2. The molecule has 0 atom stereocenters. The molecule has 2 N–H and O–H groups in total. The zero-order chi connectivity index (χ0) is 14.8. The van der Waals surface area contributed by atoms with Crippen molar-refractivity contribution in [2.45, 2.75) is 0 Å². The summed E-state index contributed by atoms with van der Waals surface area (Å²) >= 11 is 1.17. The number of rotatable bonds is 2. The van der Waals surface area contributed by atoms with Crippen molar-refractivity contribution in [2.24, 2.45) is 0 Å². The maximum absolute atomic E-state index is 13.1. The zero-order valence-electron chi connectivity index (χ0n) is 10.6. The number of fused-ring (bicyclic) bond motifs is 1. The van der Waals surface area contributed by atoms with E-state index in [-0.39, 0.29) is 11.6 Å². The summed E-state index contributed by atoms with van der Waals surface area (Å²) in [6.07, 6.45) is 0. The first-order valence-electron chi connectivity index (χ1n) is 6.00. The third kappa shape index (κ3) is 3.14. The van der Waals surface area contributed by atoms with Crippen molar-refractivity contribution < 1.29 is 13.6 Å². The molecule has 3 rings (SSSR count). The maximum Gasteiger partial charge on any atom is 0.325 e. The van der Waals surface area contributed by atoms with E-state index in [9.17, 15) is 13.6 Å². The van der Waals surface area contributed by atoms with Crippen LogP contribution in [0.25, 0.3) is 10.2 Å². The van der Waals surface area contributed by atoms with E-state index in [2.05, 4.69) is 15.6 Å². The lowest BCUT2D eigenvalue weighted by molar-refractivity contribution is 0.262. The molecule has 1 aromatic heterocycles. The van der Waals surface area contributed by atoms with E-state index >= 15 is 0 Å². The number of nitrogens with zero attached hydrogens (tertiary/aromatic N) is 1. The van der Waals surface area contributed by atoms with Gasteiger partial charge in [-0.15, -0.1) is 0 Å². The number of anilines is 2. The van der Waals surface area contributed by atoms with Crippen LogP contribution in [0.4, 0.5) is 24.4 Å². The minimum Gasteiger partial charge on any atom is -0.308 e. The lowest BCUT2D eigenvalue weighted by atomic mass is 10.3. The molecule has 0 aliphatic heterocycles. The smallest absolute Gasteiger partial charge is 0.308 e. The molecule has 0 saturated carbocycles. The molecule has 2 amide bonds. The van der Waals surface area contributed by atoms with E-state index < -0.39 is 6.03 Å². The molecule has 0 spiro atoms. The van der Waals surface area contributed by atoms with E-state index in [1.54, 1.807) is 6.07 Å². The molecule has 0 unspecified atom stereocenters. The molecule has 0 aliphatic rings. The second kappa shape index (κ2) is 5.45. The predicted octanol–water partition coefficient (Wildman–Crippen LogP) is 4.22. The summed E-state index contributed by atoms with van der Waals surface area (Å²) in [5.74, 6) is -0.734. The van der Waals surface area contributed by atoms with Crippen molar-refractivity contribution in [3.63, 3.8) is 0 Å². The van der Waals surface area contributed by atoms with Gasteiger partial charge < -0.3 is 5.32 Å². The molecule has 4 nitrogen and oxygen atoms in total. The fourth-order valence-electron chi connectivity index (χ4n) is 1.74. The standard InChI is InChI=1S/C14H9F2N3OS/c15-8-1-4-10(5-2-8)17-13(20)19-14-18-11-6-3-9(16)7-12(11)21-14/h1-7H,(H2,17,18,19,20). The summed E-state index contributed by atoms with van der Waals surface area (Å²) in [5, 5.41) is 5.46. The maximum atomic E-state index is 13.1. The summed E-state index contributed by atoms with van der Waals surface area (Å²) in [5.41, 5.74) is 1.07. The number of amides is 2. The van der Waals surface area contributed by atoms with Gasteiger partial charge in [0.25, 0.3) is 0 Å². The second-order valence-corrected chi connectivity index (χ2v) is 5.25. The van der Waals surface area contributed by atoms with Gasteiger partial charge in [0.2, 0.25) is 0 Å². The molecule has 3 aromatic rings. The molecule has 0 radical (unpaired) electrons. The van der Waals surface area contributed by atoms with Crippen molar-refractivity contribution in [3.05, 3.63) is 54.1 Å². The number of carbonyl (C=O) groups excluding carboxylic acids is 1. The minimum absolute atomic E-state index is 0.353. The normalized spacial score (nSPS) is 10.6. The summed E-state index contributed by atoms with van der Waals surface area (Å²) in [6.45, 7) is 0. The number of halogens is 2. The highest BCUT2D eigenvalue weighted by Gasteiger charge is 2.08. The number of nitrogens with one attached hydrogen (secondary N) is 2. The number of thiazole rings is 1. The Morgan fingerprint density at radius 2 is 1.71 bits per heavy atom. The van der Waals surface area contributed by atoms with Crippen molar-refractivity contribution >= 4 is 38.4 Å². The highest BCUT2D eigenvalue weighted by molar-refractivity contribution is 7.22. The largest absolute Gasteiger partial charge is 0.325 e. The summed E-state index contributed by atoms with van der Waals surface area (Å²) in [6, 6.07) is 9.10. The molecule has 0 bridgehead atoms. The van der Waals surface area contributed by atoms with Gasteiger partial charge in [0.1, 0.15) is 11.6 Å². The van der Waals surface area contributed by atoms with Crippen LogP contribution in [0.5, 0.6) is 0 Å². The number of hydrogen-bond acceptors (Lipinski definition) is 3. The predicted molar refractivity (Wildman–Crippen MR) is 78.6 cm³/mol. The van der Waals surface area contributed by atoms with Gasteiger partial charge in [0.05, 0.1) is 10.2 Å². The Bertz CT molecular complexity index is 802. The van der Waals surface area contributed by atoms with E-state index in [0.717, 1.165) is 0 Å². The van der Waals surface area contributed by atoms with Gasteiger partial charge in [0, 0.05) is 5.69 Å². The quantitative estimate of drug-likeness (QED) is 0.745. The van der Waals surface area contributed by atoms with Gasteiger partial charge in [-0.25, -0.2) is 18.6 Å². The molecule has 0 aliphatic carbocycles. The van der Waals surface area contributed by atoms with Crippen molar-refractivity contribution in [3.8, 4) is 0 Å². The third-order valence-electron chi connectivity index (χ3n) is 2.67. The first kappa shape index (κ1) is 13.4. The van der Waals surface area contributed by atoms with Crippen LogP contribution in [-0.2, 0) is 0 Å². The Morgan fingerprint density at radius 3 is 2.48 bits per heavy atom. The molecule has 106 valence electrons. The molecular weight excluding hydrogens is 296 g/mol. The fraction of sp³-hybridized carbons (Fsp3) is 0. The molecule has 0 saturated heterocycles. The van der Waals surface area contributed by atoms with Crippen LogP contribution in [0.15, 0.2) is 42.5 Å². The highest BCUT2D eigenvalue weighted by Crippen LogP contribution is 2.26. The first-order valence-corrected chi connectivity index (χ1v) is 6.81. The third-order valence-corrected chi connectivity index (χ3v) is 3.61. The Kier molecular flexibility index (Phi) is 3.49. The molecule has 1 heterocycles. The highest BCUT2D eigenvalue weighted by atomic mass is 32.1. The number of benzene rings is 2. The SMILES string of the molecule is O=C(Nc1ccc(F)cc1)Nc1nc2ccc(F)cc2s1. The van der Waals surface area contributed by atoms with Gasteiger partial charge in [-0.3, -0.25) is 5.32 Å². The van der Waals surface area contributed by atoms with Crippen LogP contribution in [0.3, 0.4) is 0 Å². The van der Waals surface area contributed by atoms with Crippen LogP contribution in [0.1, 0.15) is 0 Å². The molecule has 0 fully saturated rings. The van der Waals surface area contributed by atoms with E-state index in [4.69, 9.17) is 0 Å². The van der Waals surface area contributed by atoms with Crippen LogP contribution >= 0.6 is 11.3 Å². The lowest BCUT2D eigenvalue weighted by Crippen LogP contribution is -2.19. The lowest BCUT2D eigenvalue weighted by Gasteiger charge is -2.04. The van der Waals surface area contributed by atoms with Gasteiger partial charge in [-0.1, -0.05) is 11.3 Å². The van der Waals surface area contributed by atoms with Crippen molar-refractivity contribution in [2.75, 3.05) is 10.6 Å². The monoisotopic (exact) mass is 305 g/mol. The van der Waals surface area contributed by atoms with Crippen molar-refractivity contribution in [1.82, 2.24) is 4.98 Å². The molecule has 21 heavy (non-hydrogen) atoms. The van der Waals surface area contributed by atoms with E-state index in [1.807, 2.05) is 0 Å². The molecule has 7 heteroatoms. The Labute approximate surface area is 122 Å². The van der Waals surface area contributed by atoms with Crippen molar-refractivity contribution in [1.29, 1.82) is 0 Å². The summed E-state index contributed by atoms with van der Waals surface area (Å²) in [7, 11) is 0. The number of aromatic nitrogens is 1. The molecule has 2 aromatic carbocycles. The van der Waals surface area contributed by atoms with Crippen LogP contribution in [-0.4, -0.2) is 11.0 Å². The summed E-state index contributed by atoms with van der Waals surface area (Å²) in [4.78, 5) is 16.0. The number of carbonyl (C=O) groups is 1. The van der Waals surface area contributed by atoms with E-state index in [1.165, 1.54) is 47.7 Å². The first-order chi connectivity index (χ1) is 10.1. The van der Waals surface area contributed by atoms with Gasteiger partial charge in [0.15, 0.2) is 5.13 Å². The zero-order valence-corrected chi connectivity index (χ0v) is 11.4. The minimum atomic E-state index is -0.499. The molecular formula is C14H9F2N3OS. The van der Waals surface area contributed by atoms with Gasteiger partial charge >= 0.3 is 6.03 Å². The summed E-state index contributed by atoms with van der Waals surface area (Å²) < 4.78 is 26.5. The van der Waals surface area contributed by atoms with Gasteiger partial charge in [-0.2, -0.15) is 0 Å². The Balaban J connectivity index is 1.72. The Morgan fingerprint density at radius 1 is 1.00 bits per heavy atom. The average Bonchev–Trinajstić information content (AvgIpc) is 2.82. The van der Waals surface area contributed by atoms with Crippen LogP contribution in [0, 0.1) is 11.6 Å². The number of urea groups is 1. The second-order valence-electron chi connectivity index (χ2n) is 4.22. The van der Waals surface area contributed by atoms with E-state index in [0.29, 0.717) is 21.0 Å². The Hall–Kier alpha value is -2.54.